The summed E-state index contributed by atoms with van der Waals surface area (Å²) in [5.41, 5.74) is -0.0456. The minimum absolute atomic E-state index is 0.0341. The summed E-state index contributed by atoms with van der Waals surface area (Å²) in [6.45, 7) is 2.37. The molecule has 7 heteroatoms. The second kappa shape index (κ2) is 5.83. The van der Waals surface area contributed by atoms with Crippen molar-refractivity contribution >= 4 is 31.9 Å². The lowest BCUT2D eigenvalue weighted by Gasteiger charge is -2.32. The Morgan fingerprint density at radius 2 is 2.10 bits per heavy atom. The number of aromatic carboxylic acids is 1. The molecule has 20 heavy (non-hydrogen) atoms. The zero-order chi connectivity index (χ0) is 14.9. The van der Waals surface area contributed by atoms with Gasteiger partial charge < -0.3 is 5.11 Å². The van der Waals surface area contributed by atoms with Gasteiger partial charge in [0, 0.05) is 17.1 Å². The molecule has 1 fully saturated rings. The number of carbonyl (C=O) groups is 1. The second-order valence-corrected chi connectivity index (χ2v) is 7.65. The van der Waals surface area contributed by atoms with Gasteiger partial charge >= 0.3 is 5.97 Å². The fourth-order valence-electron chi connectivity index (χ4n) is 2.39. The quantitative estimate of drug-likeness (QED) is 0.897. The van der Waals surface area contributed by atoms with Crippen molar-refractivity contribution in [2.75, 3.05) is 6.54 Å². The van der Waals surface area contributed by atoms with Crippen molar-refractivity contribution < 1.29 is 18.3 Å². The zero-order valence-electron chi connectivity index (χ0n) is 11.0. The van der Waals surface area contributed by atoms with E-state index in [-0.39, 0.29) is 16.5 Å². The van der Waals surface area contributed by atoms with Gasteiger partial charge in [0.15, 0.2) is 0 Å². The van der Waals surface area contributed by atoms with E-state index in [4.69, 9.17) is 5.11 Å². The van der Waals surface area contributed by atoms with E-state index >= 15 is 0 Å². The Bertz CT molecular complexity index is 629. The molecule has 0 amide bonds. The smallest absolute Gasteiger partial charge is 0.336 e. The van der Waals surface area contributed by atoms with Crippen LogP contribution in [0.4, 0.5) is 0 Å². The van der Waals surface area contributed by atoms with E-state index in [1.54, 1.807) is 0 Å². The van der Waals surface area contributed by atoms with Crippen molar-refractivity contribution in [3.8, 4) is 0 Å². The summed E-state index contributed by atoms with van der Waals surface area (Å²) >= 11 is 3.12. The van der Waals surface area contributed by atoms with Gasteiger partial charge in [-0.2, -0.15) is 4.31 Å². The number of hydrogen-bond donors (Lipinski definition) is 1. The summed E-state index contributed by atoms with van der Waals surface area (Å²) in [5.74, 6) is -1.15. The molecule has 0 aromatic heterocycles. The van der Waals surface area contributed by atoms with Gasteiger partial charge in [-0.1, -0.05) is 6.42 Å². The van der Waals surface area contributed by atoms with E-state index < -0.39 is 16.0 Å². The summed E-state index contributed by atoms with van der Waals surface area (Å²) in [5, 5.41) is 9.08. The van der Waals surface area contributed by atoms with Gasteiger partial charge in [-0.25, -0.2) is 13.2 Å². The molecule has 5 nitrogen and oxygen atoms in total. The Morgan fingerprint density at radius 3 is 2.70 bits per heavy atom. The van der Waals surface area contributed by atoms with Crippen LogP contribution in [0, 0.1) is 0 Å². The monoisotopic (exact) mass is 361 g/mol. The number of piperidine rings is 1. The molecule has 0 saturated carbocycles. The Hall–Kier alpha value is -0.920. The lowest BCUT2D eigenvalue weighted by atomic mass is 10.1. The molecular weight excluding hydrogens is 346 g/mol. The van der Waals surface area contributed by atoms with Crippen LogP contribution in [0.3, 0.4) is 0 Å². The zero-order valence-corrected chi connectivity index (χ0v) is 13.4. The average Bonchev–Trinajstić information content (AvgIpc) is 2.38. The van der Waals surface area contributed by atoms with Crippen LogP contribution in [-0.2, 0) is 10.0 Å². The number of carboxylic acid groups (broad SMARTS) is 1. The Labute approximate surface area is 126 Å². The molecule has 1 N–H and O–H groups in total. The van der Waals surface area contributed by atoms with Crippen LogP contribution >= 0.6 is 15.9 Å². The molecule has 1 aromatic rings. The molecular formula is C13H16BrNO4S. The summed E-state index contributed by atoms with van der Waals surface area (Å²) < 4.78 is 27.0. The SMILES string of the molecule is CC1CCCCN1S(=O)(=O)c1ccc(Br)c(C(=O)O)c1. The molecule has 110 valence electrons. The number of halogens is 1. The van der Waals surface area contributed by atoms with Gasteiger partial charge in [-0.3, -0.25) is 0 Å². The van der Waals surface area contributed by atoms with Crippen LogP contribution in [0.25, 0.3) is 0 Å². The third-order valence-corrected chi connectivity index (χ3v) is 6.22. The largest absolute Gasteiger partial charge is 0.478 e. The van der Waals surface area contributed by atoms with Crippen LogP contribution in [-0.4, -0.2) is 36.4 Å². The molecule has 1 aliphatic heterocycles. The molecule has 1 atom stereocenters. The first-order valence-electron chi connectivity index (χ1n) is 6.38. The molecule has 0 spiro atoms. The second-order valence-electron chi connectivity index (χ2n) is 4.91. The van der Waals surface area contributed by atoms with Gasteiger partial charge in [0.25, 0.3) is 0 Å². The van der Waals surface area contributed by atoms with Crippen LogP contribution in [0.5, 0.6) is 0 Å². The van der Waals surface area contributed by atoms with Crippen LogP contribution in [0.15, 0.2) is 27.6 Å². The van der Waals surface area contributed by atoms with Gasteiger partial charge in [0.1, 0.15) is 0 Å². The average molecular weight is 362 g/mol. The summed E-state index contributed by atoms with van der Waals surface area (Å²) in [7, 11) is -3.63. The van der Waals surface area contributed by atoms with Gasteiger partial charge in [-0.15, -0.1) is 0 Å². The summed E-state index contributed by atoms with van der Waals surface area (Å²) in [4.78, 5) is 11.1. The maximum absolute atomic E-state index is 12.6. The number of rotatable bonds is 3. The van der Waals surface area contributed by atoms with E-state index in [1.165, 1.54) is 22.5 Å². The first-order valence-corrected chi connectivity index (χ1v) is 8.62. The van der Waals surface area contributed by atoms with Crippen molar-refractivity contribution in [2.45, 2.75) is 37.1 Å². The maximum atomic E-state index is 12.6. The minimum atomic E-state index is -3.63. The van der Waals surface area contributed by atoms with E-state index in [0.29, 0.717) is 11.0 Å². The number of benzene rings is 1. The van der Waals surface area contributed by atoms with E-state index in [9.17, 15) is 13.2 Å². The molecule has 0 bridgehead atoms. The minimum Gasteiger partial charge on any atom is -0.478 e. The molecule has 0 radical (unpaired) electrons. The number of nitrogens with zero attached hydrogens (tertiary/aromatic N) is 1. The van der Waals surface area contributed by atoms with E-state index in [0.717, 1.165) is 19.3 Å². The fraction of sp³-hybridized carbons (Fsp3) is 0.462. The third kappa shape index (κ3) is 2.89. The molecule has 0 aliphatic carbocycles. The third-order valence-electron chi connectivity index (χ3n) is 3.52. The highest BCUT2D eigenvalue weighted by molar-refractivity contribution is 9.10. The first-order chi connectivity index (χ1) is 9.34. The van der Waals surface area contributed by atoms with E-state index in [1.807, 2.05) is 6.92 Å². The fourth-order valence-corrected chi connectivity index (χ4v) is 4.54. The van der Waals surface area contributed by atoms with Crippen molar-refractivity contribution in [3.05, 3.63) is 28.2 Å². The predicted molar refractivity (Wildman–Crippen MR) is 78.3 cm³/mol. The van der Waals surface area contributed by atoms with Gasteiger partial charge in [-0.05, 0) is 53.9 Å². The molecule has 1 unspecified atom stereocenters. The summed E-state index contributed by atoms with van der Waals surface area (Å²) in [6.07, 6.45) is 2.70. The Morgan fingerprint density at radius 1 is 1.40 bits per heavy atom. The van der Waals surface area contributed by atoms with Gasteiger partial charge in [0.2, 0.25) is 10.0 Å². The highest BCUT2D eigenvalue weighted by Crippen LogP contribution is 2.27. The van der Waals surface area contributed by atoms with E-state index in [2.05, 4.69) is 15.9 Å². The standard InChI is InChI=1S/C13H16BrNO4S/c1-9-4-2-3-7-15(9)20(18,19)10-5-6-12(14)11(8-10)13(16)17/h5-6,8-9H,2-4,7H2,1H3,(H,16,17). The van der Waals surface area contributed by atoms with Crippen LogP contribution in [0.2, 0.25) is 0 Å². The summed E-state index contributed by atoms with van der Waals surface area (Å²) in [6, 6.07) is 4.06. The highest BCUT2D eigenvalue weighted by Gasteiger charge is 2.31. The molecule has 1 saturated heterocycles. The lowest BCUT2D eigenvalue weighted by molar-refractivity contribution is 0.0695. The van der Waals surface area contributed by atoms with Crippen molar-refractivity contribution in [3.63, 3.8) is 0 Å². The number of sulfonamides is 1. The molecule has 1 aromatic carbocycles. The number of carboxylic acids is 1. The van der Waals surface area contributed by atoms with Crippen molar-refractivity contribution in [2.24, 2.45) is 0 Å². The topological polar surface area (TPSA) is 74.7 Å². The first kappa shape index (κ1) is 15.5. The van der Waals surface area contributed by atoms with Crippen molar-refractivity contribution in [1.29, 1.82) is 0 Å². The Kier molecular flexibility index (Phi) is 4.51. The van der Waals surface area contributed by atoms with Crippen molar-refractivity contribution in [1.82, 2.24) is 4.31 Å². The molecule has 1 aliphatic rings. The normalized spacial score (nSPS) is 20.8. The van der Waals surface area contributed by atoms with Gasteiger partial charge in [0.05, 0.1) is 10.5 Å². The highest BCUT2D eigenvalue weighted by atomic mass is 79.9. The van der Waals surface area contributed by atoms with Crippen LogP contribution in [0.1, 0.15) is 36.5 Å². The predicted octanol–water partition coefficient (Wildman–Crippen LogP) is 2.71. The number of hydrogen-bond acceptors (Lipinski definition) is 3. The van der Waals surface area contributed by atoms with Crippen LogP contribution < -0.4 is 0 Å². The Balaban J connectivity index is 2.44. The lowest BCUT2D eigenvalue weighted by Crippen LogP contribution is -2.41. The molecule has 2 rings (SSSR count). The molecule has 1 heterocycles. The maximum Gasteiger partial charge on any atom is 0.336 e.